The Morgan fingerprint density at radius 1 is 1.30 bits per heavy atom. The molecule has 4 nitrogen and oxygen atoms in total. The van der Waals surface area contributed by atoms with E-state index in [1.165, 1.54) is 6.07 Å². The standard InChI is InChI=1S/C20H21F3N4/c1-3-27(16-5-4-15(10-24)19(9-16)20(21,22)23)17-6-7-26(13-17)18-8-14(2)11-25-12-18/h4-5,8-9,11-12,17H,3,6-7,13H2,1-2H3/t17-/m0/s1. The van der Waals surface area contributed by atoms with E-state index in [1.54, 1.807) is 18.3 Å². The van der Waals surface area contributed by atoms with Crippen molar-refractivity contribution < 1.29 is 13.2 Å². The zero-order valence-electron chi connectivity index (χ0n) is 15.3. The van der Waals surface area contributed by atoms with Crippen molar-refractivity contribution in [3.8, 4) is 6.07 Å². The highest BCUT2D eigenvalue weighted by Crippen LogP contribution is 2.35. The Morgan fingerprint density at radius 3 is 2.70 bits per heavy atom. The van der Waals surface area contributed by atoms with Gasteiger partial charge in [0, 0.05) is 37.6 Å². The van der Waals surface area contributed by atoms with E-state index in [1.807, 2.05) is 24.9 Å². The lowest BCUT2D eigenvalue weighted by Gasteiger charge is -2.31. The molecule has 0 spiro atoms. The number of rotatable bonds is 4. The summed E-state index contributed by atoms with van der Waals surface area (Å²) >= 11 is 0. The van der Waals surface area contributed by atoms with Crippen LogP contribution >= 0.6 is 0 Å². The molecule has 0 bridgehead atoms. The van der Waals surface area contributed by atoms with E-state index in [0.29, 0.717) is 12.2 Å². The number of anilines is 2. The van der Waals surface area contributed by atoms with Gasteiger partial charge in [0.15, 0.2) is 0 Å². The molecular formula is C20H21F3N4. The van der Waals surface area contributed by atoms with Crippen LogP contribution in [0.25, 0.3) is 0 Å². The smallest absolute Gasteiger partial charge is 0.368 e. The first-order chi connectivity index (χ1) is 12.8. The molecule has 1 aliphatic rings. The summed E-state index contributed by atoms with van der Waals surface area (Å²) in [6.07, 6.45) is -0.0848. The topological polar surface area (TPSA) is 43.2 Å². The number of benzene rings is 1. The summed E-state index contributed by atoms with van der Waals surface area (Å²) in [7, 11) is 0. The van der Waals surface area contributed by atoms with Gasteiger partial charge >= 0.3 is 6.18 Å². The molecule has 1 fully saturated rings. The van der Waals surface area contributed by atoms with E-state index in [4.69, 9.17) is 5.26 Å². The second kappa shape index (κ2) is 7.47. The van der Waals surface area contributed by atoms with E-state index in [0.717, 1.165) is 36.8 Å². The molecule has 0 saturated carbocycles. The van der Waals surface area contributed by atoms with Crippen LogP contribution in [0.4, 0.5) is 24.5 Å². The summed E-state index contributed by atoms with van der Waals surface area (Å²) in [5, 5.41) is 8.99. The number of halogens is 3. The third kappa shape index (κ3) is 4.00. The van der Waals surface area contributed by atoms with Crippen LogP contribution in [0.1, 0.15) is 30.0 Å². The number of aryl methyl sites for hydroxylation is 1. The van der Waals surface area contributed by atoms with Gasteiger partial charge in [0.1, 0.15) is 0 Å². The molecule has 7 heteroatoms. The van der Waals surface area contributed by atoms with Crippen molar-refractivity contribution in [3.05, 3.63) is 53.3 Å². The van der Waals surface area contributed by atoms with Gasteiger partial charge in [0.05, 0.1) is 29.1 Å². The van der Waals surface area contributed by atoms with Gasteiger partial charge in [0.2, 0.25) is 0 Å². The predicted octanol–water partition coefficient (Wildman–Crippen LogP) is 4.39. The SMILES string of the molecule is CCN(c1ccc(C#N)c(C(F)(F)F)c1)[C@H]1CCN(c2cncc(C)c2)C1. The molecule has 0 aliphatic carbocycles. The fraction of sp³-hybridized carbons (Fsp3) is 0.400. The highest BCUT2D eigenvalue weighted by atomic mass is 19.4. The van der Waals surface area contributed by atoms with Crippen molar-refractivity contribution in [1.82, 2.24) is 4.98 Å². The summed E-state index contributed by atoms with van der Waals surface area (Å²) in [4.78, 5) is 8.42. The summed E-state index contributed by atoms with van der Waals surface area (Å²) in [5.41, 5.74) is 1.38. The zero-order chi connectivity index (χ0) is 19.6. The molecule has 3 rings (SSSR count). The van der Waals surface area contributed by atoms with Crippen LogP contribution in [0.3, 0.4) is 0 Å². The fourth-order valence-electron chi connectivity index (χ4n) is 3.64. The number of hydrogen-bond donors (Lipinski definition) is 0. The van der Waals surface area contributed by atoms with Gasteiger partial charge < -0.3 is 9.80 Å². The minimum Gasteiger partial charge on any atom is -0.368 e. The Hall–Kier alpha value is -2.75. The molecule has 0 amide bonds. The minimum absolute atomic E-state index is 0.101. The third-order valence-electron chi connectivity index (χ3n) is 4.93. The van der Waals surface area contributed by atoms with E-state index in [9.17, 15) is 13.2 Å². The van der Waals surface area contributed by atoms with Gasteiger partial charge in [-0.05, 0) is 50.1 Å². The van der Waals surface area contributed by atoms with Gasteiger partial charge in [-0.1, -0.05) is 0 Å². The number of hydrogen-bond acceptors (Lipinski definition) is 4. The monoisotopic (exact) mass is 374 g/mol. The molecule has 0 unspecified atom stereocenters. The number of likely N-dealkylation sites (N-methyl/N-ethyl adjacent to an activating group) is 1. The molecule has 2 aromatic rings. The van der Waals surface area contributed by atoms with Gasteiger partial charge in [-0.15, -0.1) is 0 Å². The first kappa shape index (κ1) is 19.0. The number of pyridine rings is 1. The normalized spacial score (nSPS) is 17.0. The molecule has 0 N–H and O–H groups in total. The van der Waals surface area contributed by atoms with Crippen molar-refractivity contribution in [2.75, 3.05) is 29.4 Å². The maximum absolute atomic E-state index is 13.3. The first-order valence-electron chi connectivity index (χ1n) is 8.88. The minimum atomic E-state index is -4.55. The molecule has 1 aromatic carbocycles. The van der Waals surface area contributed by atoms with Crippen LogP contribution in [-0.4, -0.2) is 30.7 Å². The average Bonchev–Trinajstić information content (AvgIpc) is 3.11. The second-order valence-electron chi connectivity index (χ2n) is 6.73. The quantitative estimate of drug-likeness (QED) is 0.796. The molecular weight excluding hydrogens is 353 g/mol. The molecule has 142 valence electrons. The maximum atomic E-state index is 13.3. The number of nitrogens with zero attached hydrogens (tertiary/aromatic N) is 4. The van der Waals surface area contributed by atoms with Crippen molar-refractivity contribution in [3.63, 3.8) is 0 Å². The van der Waals surface area contributed by atoms with Gasteiger partial charge in [-0.2, -0.15) is 18.4 Å². The van der Waals surface area contributed by atoms with Gasteiger partial charge in [0.25, 0.3) is 0 Å². The number of nitriles is 1. The number of aromatic nitrogens is 1. The average molecular weight is 374 g/mol. The Bertz CT molecular complexity index is 857. The van der Waals surface area contributed by atoms with Crippen LogP contribution in [0.5, 0.6) is 0 Å². The highest BCUT2D eigenvalue weighted by Gasteiger charge is 2.35. The van der Waals surface area contributed by atoms with Crippen LogP contribution in [-0.2, 0) is 6.18 Å². The van der Waals surface area contributed by atoms with Crippen molar-refractivity contribution in [2.24, 2.45) is 0 Å². The Morgan fingerprint density at radius 2 is 2.07 bits per heavy atom. The van der Waals surface area contributed by atoms with Crippen LogP contribution in [0.15, 0.2) is 36.7 Å². The van der Waals surface area contributed by atoms with Crippen LogP contribution in [0.2, 0.25) is 0 Å². The largest absolute Gasteiger partial charge is 0.417 e. The summed E-state index contributed by atoms with van der Waals surface area (Å²) in [6, 6.07) is 7.77. The van der Waals surface area contributed by atoms with Crippen molar-refractivity contribution in [1.29, 1.82) is 5.26 Å². The van der Waals surface area contributed by atoms with E-state index >= 15 is 0 Å². The molecule has 1 atom stereocenters. The van der Waals surface area contributed by atoms with E-state index < -0.39 is 11.7 Å². The van der Waals surface area contributed by atoms with Gasteiger partial charge in [-0.3, -0.25) is 4.98 Å². The molecule has 1 aromatic heterocycles. The highest BCUT2D eigenvalue weighted by molar-refractivity contribution is 5.56. The van der Waals surface area contributed by atoms with Crippen LogP contribution < -0.4 is 9.80 Å². The van der Waals surface area contributed by atoms with Crippen molar-refractivity contribution >= 4 is 11.4 Å². The Labute approximate surface area is 156 Å². The Kier molecular flexibility index (Phi) is 5.26. The Balaban J connectivity index is 1.85. The first-order valence-corrected chi connectivity index (χ1v) is 8.88. The lowest BCUT2D eigenvalue weighted by atomic mass is 10.1. The van der Waals surface area contributed by atoms with Crippen molar-refractivity contribution in [2.45, 2.75) is 32.5 Å². The molecule has 27 heavy (non-hydrogen) atoms. The zero-order valence-corrected chi connectivity index (χ0v) is 15.3. The summed E-state index contributed by atoms with van der Waals surface area (Å²) in [5.74, 6) is 0. The summed E-state index contributed by atoms with van der Waals surface area (Å²) < 4.78 is 39.9. The fourth-order valence-corrected chi connectivity index (χ4v) is 3.64. The van der Waals surface area contributed by atoms with Gasteiger partial charge in [-0.25, -0.2) is 0 Å². The summed E-state index contributed by atoms with van der Waals surface area (Å²) in [6.45, 7) is 6.06. The number of alkyl halides is 3. The predicted molar refractivity (Wildman–Crippen MR) is 98.8 cm³/mol. The molecule has 1 saturated heterocycles. The van der Waals surface area contributed by atoms with Crippen LogP contribution in [0, 0.1) is 18.3 Å². The second-order valence-corrected chi connectivity index (χ2v) is 6.73. The molecule has 2 heterocycles. The molecule has 1 aliphatic heterocycles. The third-order valence-corrected chi connectivity index (χ3v) is 4.93. The van der Waals surface area contributed by atoms with E-state index in [-0.39, 0.29) is 11.6 Å². The van der Waals surface area contributed by atoms with E-state index in [2.05, 4.69) is 16.0 Å². The lowest BCUT2D eigenvalue weighted by Crippen LogP contribution is -2.37. The maximum Gasteiger partial charge on any atom is 0.417 e. The molecule has 0 radical (unpaired) electrons. The lowest BCUT2D eigenvalue weighted by molar-refractivity contribution is -0.137.